The minimum atomic E-state index is 0.478. The molecule has 1 N–H and O–H groups in total. The van der Waals surface area contributed by atoms with Crippen LogP contribution in [0.15, 0.2) is 18.2 Å². The van der Waals surface area contributed by atoms with E-state index >= 15 is 0 Å². The number of nitrogens with zero attached hydrogens (tertiary/aromatic N) is 2. The topological polar surface area (TPSA) is 28.2 Å². The van der Waals surface area contributed by atoms with Gasteiger partial charge in [0.05, 0.1) is 16.9 Å². The van der Waals surface area contributed by atoms with Crippen LogP contribution < -0.4 is 10.2 Å². The molecule has 2 rings (SSSR count). The largest absolute Gasteiger partial charge is 0.377 e. The number of fused-ring (bicyclic) bond motifs is 1. The third-order valence-electron chi connectivity index (χ3n) is 3.77. The molecule has 0 aliphatic carbocycles. The van der Waals surface area contributed by atoms with Crippen molar-refractivity contribution in [3.8, 4) is 0 Å². The standard InChI is InChI=1S/C17H25N3/c1-11(2)13-8-7-9-14-16(13)19-15(10-18-4)12(3)17(14)20(5)6/h7-9,11,18H,10H2,1-6H3. The lowest BCUT2D eigenvalue weighted by Gasteiger charge is -2.22. The Morgan fingerprint density at radius 1 is 1.25 bits per heavy atom. The summed E-state index contributed by atoms with van der Waals surface area (Å²) in [5.41, 5.74) is 6.14. The van der Waals surface area contributed by atoms with Crippen molar-refractivity contribution in [2.75, 3.05) is 26.0 Å². The number of hydrogen-bond donors (Lipinski definition) is 1. The Kier molecular flexibility index (Phi) is 4.29. The molecular formula is C17H25N3. The second-order valence-corrected chi connectivity index (χ2v) is 5.85. The second-order valence-electron chi connectivity index (χ2n) is 5.85. The molecule has 108 valence electrons. The summed E-state index contributed by atoms with van der Waals surface area (Å²) >= 11 is 0. The molecule has 0 fully saturated rings. The number of hydrogen-bond acceptors (Lipinski definition) is 3. The molecule has 0 spiro atoms. The third-order valence-corrected chi connectivity index (χ3v) is 3.77. The Labute approximate surface area is 122 Å². The van der Waals surface area contributed by atoms with Gasteiger partial charge in [-0.3, -0.25) is 4.98 Å². The molecule has 0 unspecified atom stereocenters. The summed E-state index contributed by atoms with van der Waals surface area (Å²) in [5, 5.41) is 4.47. The first kappa shape index (κ1) is 14.8. The minimum absolute atomic E-state index is 0.478. The van der Waals surface area contributed by atoms with Crippen LogP contribution in [0, 0.1) is 6.92 Å². The SMILES string of the molecule is CNCc1nc2c(C(C)C)cccc2c(N(C)C)c1C. The van der Waals surface area contributed by atoms with Gasteiger partial charge >= 0.3 is 0 Å². The lowest BCUT2D eigenvalue weighted by molar-refractivity contribution is 0.785. The number of nitrogens with one attached hydrogen (secondary N) is 1. The van der Waals surface area contributed by atoms with Crippen LogP contribution >= 0.6 is 0 Å². The molecular weight excluding hydrogens is 246 g/mol. The van der Waals surface area contributed by atoms with E-state index in [1.807, 2.05) is 7.05 Å². The average molecular weight is 271 g/mol. The van der Waals surface area contributed by atoms with Crippen LogP contribution in [0.1, 0.15) is 36.6 Å². The molecule has 1 heterocycles. The van der Waals surface area contributed by atoms with Crippen molar-refractivity contribution in [2.45, 2.75) is 33.2 Å². The highest BCUT2D eigenvalue weighted by Gasteiger charge is 2.16. The predicted octanol–water partition coefficient (Wildman–Crippen LogP) is 3.45. The van der Waals surface area contributed by atoms with Gasteiger partial charge in [0.2, 0.25) is 0 Å². The molecule has 3 nitrogen and oxygen atoms in total. The Bertz CT molecular complexity index is 615. The summed E-state index contributed by atoms with van der Waals surface area (Å²) < 4.78 is 0. The van der Waals surface area contributed by atoms with E-state index in [0.717, 1.165) is 17.8 Å². The van der Waals surface area contributed by atoms with E-state index in [1.54, 1.807) is 0 Å². The molecule has 0 aliphatic rings. The van der Waals surface area contributed by atoms with Crippen LogP contribution in [-0.2, 0) is 6.54 Å². The number of aromatic nitrogens is 1. The Balaban J connectivity index is 2.85. The zero-order valence-electron chi connectivity index (χ0n) is 13.4. The maximum absolute atomic E-state index is 4.94. The highest BCUT2D eigenvalue weighted by molar-refractivity contribution is 5.95. The number of para-hydroxylation sites is 1. The van der Waals surface area contributed by atoms with E-state index in [1.165, 1.54) is 22.2 Å². The van der Waals surface area contributed by atoms with E-state index < -0.39 is 0 Å². The van der Waals surface area contributed by atoms with Gasteiger partial charge in [-0.2, -0.15) is 0 Å². The van der Waals surface area contributed by atoms with Crippen LogP contribution in [0.3, 0.4) is 0 Å². The van der Waals surface area contributed by atoms with E-state index in [2.05, 4.69) is 63.3 Å². The fourth-order valence-electron chi connectivity index (χ4n) is 2.82. The number of rotatable bonds is 4. The molecule has 3 heteroatoms. The van der Waals surface area contributed by atoms with Gasteiger partial charge in [-0.1, -0.05) is 32.0 Å². The summed E-state index contributed by atoms with van der Waals surface area (Å²) in [6.07, 6.45) is 0. The summed E-state index contributed by atoms with van der Waals surface area (Å²) in [6, 6.07) is 6.52. The molecule has 0 saturated heterocycles. The van der Waals surface area contributed by atoms with Crippen LogP contribution in [0.4, 0.5) is 5.69 Å². The third kappa shape index (κ3) is 2.50. The Morgan fingerprint density at radius 2 is 1.95 bits per heavy atom. The fourth-order valence-corrected chi connectivity index (χ4v) is 2.82. The fraction of sp³-hybridized carbons (Fsp3) is 0.471. The molecule has 0 atom stereocenters. The van der Waals surface area contributed by atoms with Crippen molar-refractivity contribution in [2.24, 2.45) is 0 Å². The highest BCUT2D eigenvalue weighted by atomic mass is 15.1. The van der Waals surface area contributed by atoms with E-state index in [9.17, 15) is 0 Å². The summed E-state index contributed by atoms with van der Waals surface area (Å²) in [5.74, 6) is 0.478. The maximum Gasteiger partial charge on any atom is 0.0761 e. The van der Waals surface area contributed by atoms with Gasteiger partial charge < -0.3 is 10.2 Å². The zero-order valence-corrected chi connectivity index (χ0v) is 13.4. The van der Waals surface area contributed by atoms with Crippen LogP contribution in [0.2, 0.25) is 0 Å². The summed E-state index contributed by atoms with van der Waals surface area (Å²) in [4.78, 5) is 7.14. The summed E-state index contributed by atoms with van der Waals surface area (Å²) in [6.45, 7) is 7.41. The van der Waals surface area contributed by atoms with Crippen LogP contribution in [0.25, 0.3) is 10.9 Å². The molecule has 0 saturated carbocycles. The predicted molar refractivity (Wildman–Crippen MR) is 87.7 cm³/mol. The molecule has 1 aromatic heterocycles. The minimum Gasteiger partial charge on any atom is -0.377 e. The van der Waals surface area contributed by atoms with Gasteiger partial charge in [0.1, 0.15) is 0 Å². The van der Waals surface area contributed by atoms with Gasteiger partial charge in [0.25, 0.3) is 0 Å². The molecule has 1 aromatic carbocycles. The van der Waals surface area contributed by atoms with Crippen molar-refractivity contribution in [3.05, 3.63) is 35.0 Å². The van der Waals surface area contributed by atoms with Crippen LogP contribution in [0.5, 0.6) is 0 Å². The lowest BCUT2D eigenvalue weighted by atomic mass is 9.97. The van der Waals surface area contributed by atoms with Gasteiger partial charge in [-0.05, 0) is 31.0 Å². The van der Waals surface area contributed by atoms with Crippen molar-refractivity contribution in [3.63, 3.8) is 0 Å². The quantitative estimate of drug-likeness (QED) is 0.923. The summed E-state index contributed by atoms with van der Waals surface area (Å²) in [7, 11) is 6.18. The lowest BCUT2D eigenvalue weighted by Crippen LogP contribution is -2.16. The van der Waals surface area contributed by atoms with E-state index in [-0.39, 0.29) is 0 Å². The highest BCUT2D eigenvalue weighted by Crippen LogP contribution is 2.33. The van der Waals surface area contributed by atoms with Gasteiger partial charge in [-0.15, -0.1) is 0 Å². The van der Waals surface area contributed by atoms with Crippen molar-refractivity contribution < 1.29 is 0 Å². The van der Waals surface area contributed by atoms with Crippen molar-refractivity contribution in [1.29, 1.82) is 0 Å². The smallest absolute Gasteiger partial charge is 0.0761 e. The number of anilines is 1. The molecule has 0 amide bonds. The molecule has 2 aromatic rings. The Morgan fingerprint density at radius 3 is 2.50 bits per heavy atom. The molecule has 0 radical (unpaired) electrons. The van der Waals surface area contributed by atoms with E-state index in [0.29, 0.717) is 5.92 Å². The maximum atomic E-state index is 4.94. The molecule has 20 heavy (non-hydrogen) atoms. The first-order valence-corrected chi connectivity index (χ1v) is 7.21. The monoisotopic (exact) mass is 271 g/mol. The van der Waals surface area contributed by atoms with Crippen LogP contribution in [-0.4, -0.2) is 26.1 Å². The first-order valence-electron chi connectivity index (χ1n) is 7.21. The number of pyridine rings is 1. The van der Waals surface area contributed by atoms with Gasteiger partial charge in [0.15, 0.2) is 0 Å². The van der Waals surface area contributed by atoms with Crippen molar-refractivity contribution in [1.82, 2.24) is 10.3 Å². The molecule has 0 aliphatic heterocycles. The van der Waals surface area contributed by atoms with E-state index in [4.69, 9.17) is 4.98 Å². The normalized spacial score (nSPS) is 11.3. The first-order chi connectivity index (χ1) is 9.47. The average Bonchev–Trinajstić information content (AvgIpc) is 2.38. The second kappa shape index (κ2) is 5.80. The Hall–Kier alpha value is -1.61. The molecule has 0 bridgehead atoms. The number of benzene rings is 1. The van der Waals surface area contributed by atoms with Gasteiger partial charge in [-0.25, -0.2) is 0 Å². The van der Waals surface area contributed by atoms with Gasteiger partial charge in [0, 0.05) is 26.0 Å². The zero-order chi connectivity index (χ0) is 14.9. The van der Waals surface area contributed by atoms with Crippen molar-refractivity contribution >= 4 is 16.6 Å².